The summed E-state index contributed by atoms with van der Waals surface area (Å²) in [5.74, 6) is -0.185. The Kier molecular flexibility index (Phi) is 6.03. The number of nitrogens with zero attached hydrogens (tertiary/aromatic N) is 3. The fraction of sp³-hybridized carbons (Fsp3) is 0.241. The van der Waals surface area contributed by atoms with Crippen molar-refractivity contribution in [2.75, 3.05) is 31.1 Å². The molecule has 1 aliphatic rings. The molecule has 4 aromatic rings. The summed E-state index contributed by atoms with van der Waals surface area (Å²) in [6, 6.07) is 29.2. The highest BCUT2D eigenvalue weighted by Gasteiger charge is 2.29. The van der Waals surface area contributed by atoms with Gasteiger partial charge in [0.1, 0.15) is 5.56 Å². The predicted octanol–water partition coefficient (Wildman–Crippen LogP) is 4.65. The van der Waals surface area contributed by atoms with Gasteiger partial charge in [0.05, 0.1) is 17.2 Å². The summed E-state index contributed by atoms with van der Waals surface area (Å²) in [7, 11) is 1.74. The van der Waals surface area contributed by atoms with Gasteiger partial charge in [0.15, 0.2) is 5.78 Å². The molecule has 0 atom stereocenters. The number of benzene rings is 3. The molecule has 0 bridgehead atoms. The molecule has 172 valence electrons. The van der Waals surface area contributed by atoms with E-state index in [1.807, 2.05) is 36.4 Å². The predicted molar refractivity (Wildman–Crippen MR) is 138 cm³/mol. The lowest BCUT2D eigenvalue weighted by Gasteiger charge is -2.41. The van der Waals surface area contributed by atoms with Gasteiger partial charge in [0.2, 0.25) is 0 Å². The third-order valence-corrected chi connectivity index (χ3v) is 6.85. The van der Waals surface area contributed by atoms with Crippen molar-refractivity contribution < 1.29 is 4.79 Å². The van der Waals surface area contributed by atoms with E-state index in [2.05, 4.69) is 58.3 Å². The minimum absolute atomic E-state index is 0.164. The van der Waals surface area contributed by atoms with Gasteiger partial charge in [-0.25, -0.2) is 0 Å². The van der Waals surface area contributed by atoms with E-state index in [0.29, 0.717) is 0 Å². The van der Waals surface area contributed by atoms with Crippen LogP contribution in [-0.2, 0) is 7.05 Å². The van der Waals surface area contributed by atoms with Crippen molar-refractivity contribution in [3.8, 4) is 0 Å². The lowest BCUT2D eigenvalue weighted by Crippen LogP contribution is -2.49. The molecule has 1 aromatic heterocycles. The smallest absolute Gasteiger partial charge is 0.263 e. The van der Waals surface area contributed by atoms with Crippen LogP contribution in [-0.4, -0.2) is 41.4 Å². The number of fused-ring (bicyclic) bond motifs is 1. The molecule has 0 saturated carbocycles. The largest absolute Gasteiger partial charge is 0.368 e. The Hall–Kier alpha value is -3.70. The standard InChI is InChI=1S/C29H29N3O2/c1-21(33)26-28(24-15-9-10-16-25(24)30(2)29(26)34)32-19-17-31(18-20-32)27(22-11-5-3-6-12-22)23-13-7-4-8-14-23/h3-16,27H,17-20H2,1-2H3. The first kappa shape index (κ1) is 22.1. The summed E-state index contributed by atoms with van der Waals surface area (Å²) in [5.41, 5.74) is 4.23. The van der Waals surface area contributed by atoms with E-state index < -0.39 is 0 Å². The Morgan fingerprint density at radius 1 is 0.765 bits per heavy atom. The van der Waals surface area contributed by atoms with Gasteiger partial charge in [-0.3, -0.25) is 14.5 Å². The van der Waals surface area contributed by atoms with E-state index in [1.54, 1.807) is 11.6 Å². The number of hydrogen-bond donors (Lipinski definition) is 0. The van der Waals surface area contributed by atoms with E-state index in [4.69, 9.17) is 0 Å². The first-order valence-electron chi connectivity index (χ1n) is 11.8. The van der Waals surface area contributed by atoms with Crippen LogP contribution in [0.2, 0.25) is 0 Å². The third-order valence-electron chi connectivity index (χ3n) is 6.85. The number of carbonyl (C=O) groups excluding carboxylic acids is 1. The van der Waals surface area contributed by atoms with Crippen molar-refractivity contribution in [3.05, 3.63) is 112 Å². The van der Waals surface area contributed by atoms with Crippen molar-refractivity contribution in [3.63, 3.8) is 0 Å². The summed E-state index contributed by atoms with van der Waals surface area (Å²) >= 11 is 0. The van der Waals surface area contributed by atoms with Crippen LogP contribution in [0.5, 0.6) is 0 Å². The van der Waals surface area contributed by atoms with E-state index >= 15 is 0 Å². The van der Waals surface area contributed by atoms with Gasteiger partial charge >= 0.3 is 0 Å². The van der Waals surface area contributed by atoms with Gasteiger partial charge in [-0.2, -0.15) is 0 Å². The summed E-state index contributed by atoms with van der Waals surface area (Å²) in [6.45, 7) is 4.64. The number of anilines is 1. The van der Waals surface area contributed by atoms with Crippen LogP contribution >= 0.6 is 0 Å². The summed E-state index contributed by atoms with van der Waals surface area (Å²) < 4.78 is 1.59. The monoisotopic (exact) mass is 451 g/mol. The van der Waals surface area contributed by atoms with Gasteiger partial charge < -0.3 is 9.47 Å². The SMILES string of the molecule is CC(=O)c1c(N2CCN(C(c3ccccc3)c3ccccc3)CC2)c2ccccc2n(C)c1=O. The highest BCUT2D eigenvalue weighted by molar-refractivity contribution is 6.07. The molecular weight excluding hydrogens is 422 g/mol. The molecule has 2 heterocycles. The minimum Gasteiger partial charge on any atom is -0.368 e. The molecule has 0 unspecified atom stereocenters. The van der Waals surface area contributed by atoms with Crippen LogP contribution in [0.25, 0.3) is 10.9 Å². The third kappa shape index (κ3) is 3.93. The topological polar surface area (TPSA) is 45.6 Å². The summed E-state index contributed by atoms with van der Waals surface area (Å²) in [6.07, 6.45) is 0. The first-order chi connectivity index (χ1) is 16.6. The maximum atomic E-state index is 13.1. The zero-order valence-electron chi connectivity index (χ0n) is 19.6. The molecule has 0 amide bonds. The summed E-state index contributed by atoms with van der Waals surface area (Å²) in [5, 5.41) is 0.950. The Labute approximate surface area is 199 Å². The molecule has 5 rings (SSSR count). The van der Waals surface area contributed by atoms with Crippen molar-refractivity contribution in [2.24, 2.45) is 7.05 Å². The molecule has 34 heavy (non-hydrogen) atoms. The Bertz CT molecular complexity index is 1330. The minimum atomic E-state index is -0.227. The maximum absolute atomic E-state index is 13.1. The molecule has 1 saturated heterocycles. The second kappa shape index (κ2) is 9.27. The average molecular weight is 452 g/mol. The number of carbonyl (C=O) groups is 1. The van der Waals surface area contributed by atoms with E-state index in [-0.39, 0.29) is 22.9 Å². The van der Waals surface area contributed by atoms with Crippen molar-refractivity contribution in [2.45, 2.75) is 13.0 Å². The summed E-state index contributed by atoms with van der Waals surface area (Å²) in [4.78, 5) is 30.5. The molecule has 5 nitrogen and oxygen atoms in total. The second-order valence-corrected chi connectivity index (χ2v) is 8.91. The molecular formula is C29H29N3O2. The second-order valence-electron chi connectivity index (χ2n) is 8.91. The Morgan fingerprint density at radius 3 is 1.85 bits per heavy atom. The van der Waals surface area contributed by atoms with Crippen LogP contribution in [0.1, 0.15) is 34.5 Å². The zero-order chi connectivity index (χ0) is 23.7. The first-order valence-corrected chi connectivity index (χ1v) is 11.8. The molecule has 5 heteroatoms. The molecule has 1 fully saturated rings. The van der Waals surface area contributed by atoms with Gasteiger partial charge in [-0.1, -0.05) is 78.9 Å². The zero-order valence-corrected chi connectivity index (χ0v) is 19.6. The number of pyridine rings is 1. The number of rotatable bonds is 5. The molecule has 0 spiro atoms. The van der Waals surface area contributed by atoms with Crippen LogP contribution in [0, 0.1) is 0 Å². The number of piperazine rings is 1. The number of Topliss-reactive ketones (excluding diaryl/α,β-unsaturated/α-hetero) is 1. The van der Waals surface area contributed by atoms with Crippen molar-refractivity contribution in [1.29, 1.82) is 0 Å². The Balaban J connectivity index is 1.51. The molecule has 1 aliphatic heterocycles. The van der Waals surface area contributed by atoms with Crippen LogP contribution in [0.3, 0.4) is 0 Å². The van der Waals surface area contributed by atoms with Gasteiger partial charge in [0.25, 0.3) is 5.56 Å². The van der Waals surface area contributed by atoms with Gasteiger partial charge in [-0.15, -0.1) is 0 Å². The van der Waals surface area contributed by atoms with Crippen molar-refractivity contribution in [1.82, 2.24) is 9.47 Å². The molecule has 3 aromatic carbocycles. The number of para-hydroxylation sites is 1. The van der Waals surface area contributed by atoms with Gasteiger partial charge in [-0.05, 0) is 24.1 Å². The highest BCUT2D eigenvalue weighted by Crippen LogP contribution is 2.33. The van der Waals surface area contributed by atoms with E-state index in [9.17, 15) is 9.59 Å². The van der Waals surface area contributed by atoms with Crippen LogP contribution in [0.15, 0.2) is 89.7 Å². The van der Waals surface area contributed by atoms with Crippen molar-refractivity contribution >= 4 is 22.4 Å². The average Bonchev–Trinajstić information content (AvgIpc) is 2.88. The number of hydrogen-bond acceptors (Lipinski definition) is 4. The van der Waals surface area contributed by atoms with E-state index in [0.717, 1.165) is 42.8 Å². The number of aryl methyl sites for hydroxylation is 1. The van der Waals surface area contributed by atoms with Crippen LogP contribution < -0.4 is 10.5 Å². The number of aromatic nitrogens is 1. The lowest BCUT2D eigenvalue weighted by atomic mass is 9.96. The van der Waals surface area contributed by atoms with E-state index in [1.165, 1.54) is 18.1 Å². The fourth-order valence-corrected chi connectivity index (χ4v) is 5.21. The highest BCUT2D eigenvalue weighted by atomic mass is 16.1. The van der Waals surface area contributed by atoms with Gasteiger partial charge in [0, 0.05) is 38.6 Å². The normalized spacial score (nSPS) is 14.6. The molecule has 0 radical (unpaired) electrons. The number of ketones is 1. The maximum Gasteiger partial charge on any atom is 0.263 e. The van der Waals surface area contributed by atoms with Crippen LogP contribution in [0.4, 0.5) is 5.69 Å². The lowest BCUT2D eigenvalue weighted by molar-refractivity contribution is 0.101. The molecule has 0 N–H and O–H groups in total. The fourth-order valence-electron chi connectivity index (χ4n) is 5.21. The quantitative estimate of drug-likeness (QED) is 0.414. The molecule has 0 aliphatic carbocycles. The Morgan fingerprint density at radius 2 is 1.29 bits per heavy atom.